The molecule has 0 aliphatic carbocycles. The van der Waals surface area contributed by atoms with Crippen LogP contribution in [0.1, 0.15) is 18.5 Å². The highest BCUT2D eigenvalue weighted by molar-refractivity contribution is 5.73. The number of rotatable bonds is 4. The number of carboxylic acid groups (broad SMARTS) is 2. The molecule has 0 bridgehead atoms. The van der Waals surface area contributed by atoms with Crippen LogP contribution in [0.15, 0.2) is 24.4 Å². The van der Waals surface area contributed by atoms with Crippen molar-refractivity contribution in [2.45, 2.75) is 37.3 Å². The van der Waals surface area contributed by atoms with Crippen LogP contribution in [0.5, 0.6) is 0 Å². The normalized spacial score (nSPS) is 22.1. The fourth-order valence-corrected chi connectivity index (χ4v) is 4.06. The van der Waals surface area contributed by atoms with E-state index in [9.17, 15) is 26.3 Å². The lowest BCUT2D eigenvalue weighted by Crippen LogP contribution is -2.64. The highest BCUT2D eigenvalue weighted by Crippen LogP contribution is 2.36. The first kappa shape index (κ1) is 30.7. The summed E-state index contributed by atoms with van der Waals surface area (Å²) in [5.74, 6) is -4.82. The molecule has 210 valence electrons. The van der Waals surface area contributed by atoms with Gasteiger partial charge in [0.15, 0.2) is 0 Å². The van der Waals surface area contributed by atoms with E-state index < -0.39 is 24.3 Å². The zero-order valence-corrected chi connectivity index (χ0v) is 19.8. The van der Waals surface area contributed by atoms with Crippen LogP contribution >= 0.6 is 0 Å². The highest BCUT2D eigenvalue weighted by atomic mass is 19.4. The van der Waals surface area contributed by atoms with Crippen molar-refractivity contribution in [2.75, 3.05) is 52.5 Å². The van der Waals surface area contributed by atoms with Crippen LogP contribution in [0.4, 0.5) is 26.3 Å². The van der Waals surface area contributed by atoms with E-state index in [1.165, 1.54) is 19.4 Å². The van der Waals surface area contributed by atoms with E-state index in [4.69, 9.17) is 29.3 Å². The molecule has 0 saturated carbocycles. The molecule has 0 amide bonds. The van der Waals surface area contributed by atoms with Crippen LogP contribution in [-0.2, 0) is 25.6 Å². The molecule has 2 N–H and O–H groups in total. The highest BCUT2D eigenvalue weighted by Gasteiger charge is 2.46. The number of likely N-dealkylation sites (tertiary alicyclic amines) is 1. The first-order valence-corrected chi connectivity index (χ1v) is 11.4. The third-order valence-electron chi connectivity index (χ3n) is 5.87. The smallest absolute Gasteiger partial charge is 0.475 e. The number of aromatic nitrogens is 1. The van der Waals surface area contributed by atoms with Gasteiger partial charge in [0.05, 0.1) is 31.1 Å². The molecule has 0 radical (unpaired) electrons. The molecule has 4 heterocycles. The van der Waals surface area contributed by atoms with Gasteiger partial charge in [-0.15, -0.1) is 0 Å². The van der Waals surface area contributed by atoms with Gasteiger partial charge in [0, 0.05) is 45.5 Å². The molecule has 15 heteroatoms. The Kier molecular flexibility index (Phi) is 11.1. The number of ether oxygens (including phenoxy) is 2. The molecule has 1 spiro atoms. The monoisotopic (exact) mass is 545 g/mol. The number of morpholine rings is 1. The molecule has 3 saturated heterocycles. The summed E-state index contributed by atoms with van der Waals surface area (Å²) in [5.41, 5.74) is 1.29. The molecule has 1 aromatic heterocycles. The third kappa shape index (κ3) is 10.8. The summed E-state index contributed by atoms with van der Waals surface area (Å²) in [7, 11) is 0. The van der Waals surface area contributed by atoms with Crippen molar-refractivity contribution in [3.05, 3.63) is 30.1 Å². The molecule has 0 aromatic carbocycles. The van der Waals surface area contributed by atoms with Crippen LogP contribution < -0.4 is 0 Å². The second-order valence-corrected chi connectivity index (χ2v) is 8.88. The van der Waals surface area contributed by atoms with Gasteiger partial charge in [-0.05, 0) is 30.9 Å². The number of nitrogens with zero attached hydrogens (tertiary/aromatic N) is 3. The zero-order chi connectivity index (χ0) is 27.7. The Morgan fingerprint density at radius 3 is 2.00 bits per heavy atom. The largest absolute Gasteiger partial charge is 0.490 e. The summed E-state index contributed by atoms with van der Waals surface area (Å²) in [5, 5.41) is 14.2. The summed E-state index contributed by atoms with van der Waals surface area (Å²) in [6.07, 6.45) is -5.78. The summed E-state index contributed by atoms with van der Waals surface area (Å²) < 4.78 is 75.2. The van der Waals surface area contributed by atoms with Gasteiger partial charge in [0.25, 0.3) is 0 Å². The predicted octanol–water partition coefficient (Wildman–Crippen LogP) is 2.66. The van der Waals surface area contributed by atoms with Gasteiger partial charge in [0.2, 0.25) is 0 Å². The first-order valence-electron chi connectivity index (χ1n) is 11.4. The Labute approximate surface area is 209 Å². The second kappa shape index (κ2) is 13.3. The molecule has 9 nitrogen and oxygen atoms in total. The summed E-state index contributed by atoms with van der Waals surface area (Å²) in [6, 6.07) is 6.14. The number of halogens is 6. The Bertz CT molecular complexity index is 825. The van der Waals surface area contributed by atoms with Crippen molar-refractivity contribution in [3.8, 4) is 0 Å². The van der Waals surface area contributed by atoms with E-state index in [-0.39, 0.29) is 5.60 Å². The molecule has 1 unspecified atom stereocenters. The van der Waals surface area contributed by atoms with Gasteiger partial charge in [-0.1, -0.05) is 6.07 Å². The van der Waals surface area contributed by atoms with E-state index in [0.717, 1.165) is 58.2 Å². The minimum atomic E-state index is -5.08. The average Bonchev–Trinajstić information content (AvgIpc) is 2.80. The average molecular weight is 545 g/mol. The van der Waals surface area contributed by atoms with Crippen LogP contribution in [-0.4, -0.2) is 107 Å². The van der Waals surface area contributed by atoms with Crippen LogP contribution in [0.2, 0.25) is 0 Å². The Morgan fingerprint density at radius 1 is 1.00 bits per heavy atom. The van der Waals surface area contributed by atoms with E-state index in [1.54, 1.807) is 0 Å². The van der Waals surface area contributed by atoms with Crippen molar-refractivity contribution < 1.29 is 55.6 Å². The molecule has 3 aliphatic heterocycles. The second-order valence-electron chi connectivity index (χ2n) is 8.88. The predicted molar refractivity (Wildman–Crippen MR) is 116 cm³/mol. The lowest BCUT2D eigenvalue weighted by molar-refractivity contribution is -0.193. The van der Waals surface area contributed by atoms with Gasteiger partial charge < -0.3 is 19.7 Å². The molecule has 1 atom stereocenters. The quantitative estimate of drug-likeness (QED) is 0.552. The van der Waals surface area contributed by atoms with E-state index in [0.29, 0.717) is 5.92 Å². The van der Waals surface area contributed by atoms with Crippen molar-refractivity contribution in [1.82, 2.24) is 14.8 Å². The minimum Gasteiger partial charge on any atom is -0.475 e. The molecular formula is C22H29F6N3O6. The van der Waals surface area contributed by atoms with E-state index in [2.05, 4.69) is 26.9 Å². The molecule has 3 fully saturated rings. The van der Waals surface area contributed by atoms with Gasteiger partial charge in [-0.2, -0.15) is 26.3 Å². The van der Waals surface area contributed by atoms with Crippen molar-refractivity contribution >= 4 is 11.9 Å². The number of carboxylic acids is 2. The van der Waals surface area contributed by atoms with Gasteiger partial charge in [-0.25, -0.2) is 9.59 Å². The van der Waals surface area contributed by atoms with Crippen LogP contribution in [0.3, 0.4) is 0 Å². The number of hydrogen-bond donors (Lipinski definition) is 2. The fourth-order valence-electron chi connectivity index (χ4n) is 4.06. The van der Waals surface area contributed by atoms with Gasteiger partial charge >= 0.3 is 24.3 Å². The molecular weight excluding hydrogens is 516 g/mol. The maximum atomic E-state index is 10.6. The van der Waals surface area contributed by atoms with Gasteiger partial charge in [0.1, 0.15) is 0 Å². The maximum absolute atomic E-state index is 10.6. The molecule has 1 aromatic rings. The van der Waals surface area contributed by atoms with Crippen LogP contribution in [0, 0.1) is 5.92 Å². The summed E-state index contributed by atoms with van der Waals surface area (Å²) in [6.45, 7) is 9.12. The topological polar surface area (TPSA) is 112 Å². The molecule has 37 heavy (non-hydrogen) atoms. The van der Waals surface area contributed by atoms with Gasteiger partial charge in [-0.3, -0.25) is 14.8 Å². The van der Waals surface area contributed by atoms with E-state index >= 15 is 0 Å². The van der Waals surface area contributed by atoms with Crippen molar-refractivity contribution in [2.24, 2.45) is 5.92 Å². The lowest BCUT2D eigenvalue weighted by Gasteiger charge is -2.53. The molecule has 4 rings (SSSR count). The minimum absolute atomic E-state index is 0.135. The summed E-state index contributed by atoms with van der Waals surface area (Å²) in [4.78, 5) is 27.2. The van der Waals surface area contributed by atoms with Crippen molar-refractivity contribution in [1.29, 1.82) is 0 Å². The molecule has 3 aliphatic rings. The Hall–Kier alpha value is -2.49. The fraction of sp³-hybridized carbons (Fsp3) is 0.682. The number of alkyl halides is 6. The third-order valence-corrected chi connectivity index (χ3v) is 5.87. The number of carbonyl (C=O) groups is 2. The first-order chi connectivity index (χ1) is 17.2. The summed E-state index contributed by atoms with van der Waals surface area (Å²) >= 11 is 0. The van der Waals surface area contributed by atoms with Crippen molar-refractivity contribution in [3.63, 3.8) is 0 Å². The van der Waals surface area contributed by atoms with Crippen LogP contribution in [0.25, 0.3) is 0 Å². The standard InChI is InChI=1S/C18H27N3O2.2C2HF3O2/c1-2-6-19-17(3-1)12-21-14-18(15-21)5-4-16(13-23-18)11-20-7-9-22-10-8-20;2*3-2(4,5)1(6)7/h1-3,6,16H,4-5,7-15H2;2*(H,6,7). The lowest BCUT2D eigenvalue weighted by atomic mass is 9.82. The van der Waals surface area contributed by atoms with E-state index in [1.807, 2.05) is 12.3 Å². The zero-order valence-electron chi connectivity index (χ0n) is 19.8. The SMILES string of the molecule is O=C(O)C(F)(F)F.O=C(O)C(F)(F)F.c1ccc(CN2CC3(CCC(CN4CCOCC4)CO3)C2)nc1. The number of hydrogen-bond acceptors (Lipinski definition) is 7. The number of aliphatic carboxylic acids is 2. The Morgan fingerprint density at radius 2 is 1.57 bits per heavy atom. The Balaban J connectivity index is 0.000000286. The number of pyridine rings is 1. The maximum Gasteiger partial charge on any atom is 0.490 e.